The van der Waals surface area contributed by atoms with Crippen LogP contribution in [0.5, 0.6) is 0 Å². The number of amides is 1. The molecule has 0 fully saturated rings. The number of aliphatic hydroxyl groups is 1. The highest BCUT2D eigenvalue weighted by Gasteiger charge is 2.29. The summed E-state index contributed by atoms with van der Waals surface area (Å²) in [6, 6.07) is 15.9. The third-order valence-electron chi connectivity index (χ3n) is 4.78. The standard InChI is InChI=1S/C20H23NO4/c1-13(24-2)19(11-22)21-20(23)25-12-18-16-9-5-3-7-14(16)15-8-4-6-10-17(15)18/h3-10,13,18-19,22H,11-12H2,1-2H3,(H,21,23)/t13-,19-/m1/s1. The molecule has 3 rings (SSSR count). The molecule has 2 aromatic rings. The first kappa shape index (κ1) is 17.5. The summed E-state index contributed by atoms with van der Waals surface area (Å²) in [6.45, 7) is 1.82. The van der Waals surface area contributed by atoms with Gasteiger partial charge in [-0.15, -0.1) is 0 Å². The summed E-state index contributed by atoms with van der Waals surface area (Å²) in [4.78, 5) is 12.1. The van der Waals surface area contributed by atoms with Crippen molar-refractivity contribution < 1.29 is 19.4 Å². The zero-order chi connectivity index (χ0) is 17.8. The number of alkyl carbamates (subject to hydrolysis) is 1. The lowest BCUT2D eigenvalue weighted by Crippen LogP contribution is -2.45. The molecular formula is C20H23NO4. The van der Waals surface area contributed by atoms with Gasteiger partial charge in [-0.1, -0.05) is 48.5 Å². The molecule has 0 spiro atoms. The van der Waals surface area contributed by atoms with Crippen LogP contribution in [-0.2, 0) is 9.47 Å². The molecule has 0 saturated carbocycles. The summed E-state index contributed by atoms with van der Waals surface area (Å²) in [5, 5.41) is 12.0. The van der Waals surface area contributed by atoms with Crippen molar-refractivity contribution in [1.82, 2.24) is 5.32 Å². The van der Waals surface area contributed by atoms with Crippen LogP contribution in [0.4, 0.5) is 4.79 Å². The van der Waals surface area contributed by atoms with E-state index in [1.165, 1.54) is 29.4 Å². The van der Waals surface area contributed by atoms with E-state index in [0.29, 0.717) is 0 Å². The molecule has 0 heterocycles. The van der Waals surface area contributed by atoms with Gasteiger partial charge in [-0.2, -0.15) is 0 Å². The molecule has 0 saturated heterocycles. The highest BCUT2D eigenvalue weighted by molar-refractivity contribution is 5.79. The Kier molecular flexibility index (Phi) is 5.36. The second kappa shape index (κ2) is 7.68. The zero-order valence-corrected chi connectivity index (χ0v) is 14.4. The van der Waals surface area contributed by atoms with Crippen LogP contribution >= 0.6 is 0 Å². The first-order valence-electron chi connectivity index (χ1n) is 8.41. The van der Waals surface area contributed by atoms with Crippen molar-refractivity contribution in [3.8, 4) is 11.1 Å². The number of carbonyl (C=O) groups excluding carboxylic acids is 1. The zero-order valence-electron chi connectivity index (χ0n) is 14.4. The lowest BCUT2D eigenvalue weighted by Gasteiger charge is -2.22. The van der Waals surface area contributed by atoms with Gasteiger partial charge in [0.2, 0.25) is 0 Å². The highest BCUT2D eigenvalue weighted by atomic mass is 16.5. The van der Waals surface area contributed by atoms with Gasteiger partial charge < -0.3 is 19.9 Å². The molecule has 2 N–H and O–H groups in total. The maximum Gasteiger partial charge on any atom is 0.407 e. The van der Waals surface area contributed by atoms with E-state index in [9.17, 15) is 9.90 Å². The summed E-state index contributed by atoms with van der Waals surface area (Å²) in [5.41, 5.74) is 4.71. The summed E-state index contributed by atoms with van der Waals surface area (Å²) < 4.78 is 10.6. The lowest BCUT2D eigenvalue weighted by molar-refractivity contribution is 0.0533. The van der Waals surface area contributed by atoms with Crippen LogP contribution in [0.25, 0.3) is 11.1 Å². The van der Waals surface area contributed by atoms with E-state index in [1.54, 1.807) is 6.92 Å². The molecule has 5 heteroatoms. The van der Waals surface area contributed by atoms with Crippen molar-refractivity contribution in [1.29, 1.82) is 0 Å². The maximum atomic E-state index is 12.1. The molecule has 0 unspecified atom stereocenters. The largest absolute Gasteiger partial charge is 0.449 e. The highest BCUT2D eigenvalue weighted by Crippen LogP contribution is 2.44. The number of ether oxygens (including phenoxy) is 2. The molecule has 25 heavy (non-hydrogen) atoms. The second-order valence-electron chi connectivity index (χ2n) is 6.20. The van der Waals surface area contributed by atoms with Crippen LogP contribution in [0.1, 0.15) is 24.0 Å². The van der Waals surface area contributed by atoms with Crippen LogP contribution in [-0.4, -0.2) is 43.7 Å². The van der Waals surface area contributed by atoms with Gasteiger partial charge in [0, 0.05) is 13.0 Å². The normalized spacial score (nSPS) is 15.2. The number of hydrogen-bond donors (Lipinski definition) is 2. The molecular weight excluding hydrogens is 318 g/mol. The SMILES string of the molecule is CO[C@H](C)[C@@H](CO)NC(=O)OCC1c2ccccc2-c2ccccc21. The number of nitrogens with one attached hydrogen (secondary N) is 1. The van der Waals surface area contributed by atoms with Crippen molar-refractivity contribution in [2.24, 2.45) is 0 Å². The summed E-state index contributed by atoms with van der Waals surface area (Å²) in [7, 11) is 1.53. The molecule has 2 aromatic carbocycles. The van der Waals surface area contributed by atoms with Gasteiger partial charge in [-0.3, -0.25) is 0 Å². The van der Waals surface area contributed by atoms with Gasteiger partial charge in [0.05, 0.1) is 18.8 Å². The van der Waals surface area contributed by atoms with E-state index >= 15 is 0 Å². The van der Waals surface area contributed by atoms with Crippen molar-refractivity contribution in [2.75, 3.05) is 20.3 Å². The Labute approximate surface area is 147 Å². The lowest BCUT2D eigenvalue weighted by atomic mass is 9.98. The predicted molar refractivity (Wildman–Crippen MR) is 95.5 cm³/mol. The molecule has 132 valence electrons. The summed E-state index contributed by atoms with van der Waals surface area (Å²) in [6.07, 6.45) is -0.852. The average molecular weight is 341 g/mol. The van der Waals surface area contributed by atoms with Crippen molar-refractivity contribution >= 4 is 6.09 Å². The topological polar surface area (TPSA) is 67.8 Å². The van der Waals surface area contributed by atoms with E-state index in [0.717, 1.165) is 0 Å². The monoisotopic (exact) mass is 341 g/mol. The number of methoxy groups -OCH3 is 1. The fraction of sp³-hybridized carbons (Fsp3) is 0.350. The molecule has 5 nitrogen and oxygen atoms in total. The fourth-order valence-corrected chi connectivity index (χ4v) is 3.27. The molecule has 1 amide bonds. The Hall–Kier alpha value is -2.37. The Bertz CT molecular complexity index is 700. The first-order chi connectivity index (χ1) is 12.2. The van der Waals surface area contributed by atoms with Crippen LogP contribution in [0, 0.1) is 0 Å². The minimum atomic E-state index is -0.551. The number of fused-ring (bicyclic) bond motifs is 3. The van der Waals surface area contributed by atoms with Crippen LogP contribution in [0.15, 0.2) is 48.5 Å². The van der Waals surface area contributed by atoms with Crippen LogP contribution < -0.4 is 5.32 Å². The van der Waals surface area contributed by atoms with Gasteiger partial charge in [0.1, 0.15) is 6.61 Å². The van der Waals surface area contributed by atoms with Crippen molar-refractivity contribution in [3.05, 3.63) is 59.7 Å². The Morgan fingerprint density at radius 1 is 1.12 bits per heavy atom. The van der Waals surface area contributed by atoms with Gasteiger partial charge in [0.25, 0.3) is 0 Å². The van der Waals surface area contributed by atoms with E-state index < -0.39 is 12.1 Å². The Morgan fingerprint density at radius 3 is 2.20 bits per heavy atom. The van der Waals surface area contributed by atoms with Crippen molar-refractivity contribution in [3.63, 3.8) is 0 Å². The third kappa shape index (κ3) is 3.52. The molecule has 1 aliphatic carbocycles. The van der Waals surface area contributed by atoms with Crippen molar-refractivity contribution in [2.45, 2.75) is 25.0 Å². The van der Waals surface area contributed by atoms with Crippen LogP contribution in [0.2, 0.25) is 0 Å². The quantitative estimate of drug-likeness (QED) is 0.848. The number of rotatable bonds is 6. The van der Waals surface area contributed by atoms with E-state index in [1.807, 2.05) is 24.3 Å². The number of aliphatic hydroxyl groups excluding tert-OH is 1. The second-order valence-corrected chi connectivity index (χ2v) is 6.20. The molecule has 2 atom stereocenters. The minimum absolute atomic E-state index is 0.0191. The molecule has 0 aliphatic heterocycles. The number of carbonyl (C=O) groups is 1. The first-order valence-corrected chi connectivity index (χ1v) is 8.41. The number of benzene rings is 2. The minimum Gasteiger partial charge on any atom is -0.449 e. The summed E-state index contributed by atoms with van der Waals surface area (Å²) >= 11 is 0. The van der Waals surface area contributed by atoms with E-state index in [-0.39, 0.29) is 25.2 Å². The van der Waals surface area contributed by atoms with E-state index in [2.05, 4.69) is 29.6 Å². The molecule has 0 bridgehead atoms. The fourth-order valence-electron chi connectivity index (χ4n) is 3.27. The molecule has 0 radical (unpaired) electrons. The Balaban J connectivity index is 1.70. The van der Waals surface area contributed by atoms with Gasteiger partial charge in [-0.05, 0) is 29.2 Å². The van der Waals surface area contributed by atoms with Gasteiger partial charge in [0.15, 0.2) is 0 Å². The van der Waals surface area contributed by atoms with Gasteiger partial charge in [-0.25, -0.2) is 4.79 Å². The molecule has 1 aliphatic rings. The van der Waals surface area contributed by atoms with Crippen LogP contribution in [0.3, 0.4) is 0 Å². The third-order valence-corrected chi connectivity index (χ3v) is 4.78. The van der Waals surface area contributed by atoms with E-state index in [4.69, 9.17) is 9.47 Å². The van der Waals surface area contributed by atoms with Gasteiger partial charge >= 0.3 is 6.09 Å². The maximum absolute atomic E-state index is 12.1. The average Bonchev–Trinajstić information content (AvgIpc) is 2.98. The molecule has 0 aromatic heterocycles. The predicted octanol–water partition coefficient (Wildman–Crippen LogP) is 2.92. The number of hydrogen-bond acceptors (Lipinski definition) is 4. The summed E-state index contributed by atoms with van der Waals surface area (Å²) in [5.74, 6) is 0.0191. The Morgan fingerprint density at radius 2 is 1.68 bits per heavy atom. The smallest absolute Gasteiger partial charge is 0.407 e.